The third-order valence-electron chi connectivity index (χ3n) is 2.60. The molecule has 0 unspecified atom stereocenters. The van der Waals surface area contributed by atoms with Crippen LogP contribution in [0.5, 0.6) is 0 Å². The molecule has 0 fully saturated rings. The number of rotatable bonds is 7. The summed E-state index contributed by atoms with van der Waals surface area (Å²) in [5.41, 5.74) is -1.30. The number of amides is 2. The molecule has 2 amide bonds. The number of aliphatic carboxylic acids is 1. The second kappa shape index (κ2) is 6.74. The van der Waals surface area contributed by atoms with Crippen molar-refractivity contribution in [3.8, 4) is 0 Å². The normalized spacial score (nSPS) is 10.9. The molecule has 1 aromatic heterocycles. The molecule has 7 heteroatoms. The van der Waals surface area contributed by atoms with Gasteiger partial charge in [-0.1, -0.05) is 0 Å². The monoisotopic (exact) mass is 282 g/mol. The van der Waals surface area contributed by atoms with E-state index >= 15 is 0 Å². The van der Waals surface area contributed by atoms with Gasteiger partial charge in [-0.2, -0.15) is 0 Å². The highest BCUT2D eigenvalue weighted by Crippen LogP contribution is 2.03. The van der Waals surface area contributed by atoms with Crippen molar-refractivity contribution in [2.24, 2.45) is 0 Å². The van der Waals surface area contributed by atoms with Gasteiger partial charge in [0, 0.05) is 13.0 Å². The van der Waals surface area contributed by atoms with Gasteiger partial charge in [0.25, 0.3) is 5.91 Å². The zero-order valence-corrected chi connectivity index (χ0v) is 11.4. The van der Waals surface area contributed by atoms with Crippen LogP contribution in [0, 0.1) is 0 Å². The number of carbonyl (C=O) groups is 3. The number of furan rings is 1. The van der Waals surface area contributed by atoms with Crippen molar-refractivity contribution < 1.29 is 23.9 Å². The number of carboxylic acids is 1. The van der Waals surface area contributed by atoms with Gasteiger partial charge in [-0.15, -0.1) is 0 Å². The van der Waals surface area contributed by atoms with E-state index in [2.05, 4.69) is 10.6 Å². The summed E-state index contributed by atoms with van der Waals surface area (Å²) in [4.78, 5) is 33.8. The summed E-state index contributed by atoms with van der Waals surface area (Å²) in [6.45, 7) is 3.12. The molecule has 0 saturated carbocycles. The molecule has 3 N–H and O–H groups in total. The second-order valence-electron chi connectivity index (χ2n) is 4.82. The number of carbonyl (C=O) groups excluding carboxylic acids is 2. The van der Waals surface area contributed by atoms with Gasteiger partial charge >= 0.3 is 5.97 Å². The predicted octanol–water partition coefficient (Wildman–Crippen LogP) is 0.769. The van der Waals surface area contributed by atoms with Crippen molar-refractivity contribution in [2.75, 3.05) is 6.54 Å². The van der Waals surface area contributed by atoms with Crippen molar-refractivity contribution in [2.45, 2.75) is 32.2 Å². The quantitative estimate of drug-likeness (QED) is 0.640. The van der Waals surface area contributed by atoms with E-state index in [-0.39, 0.29) is 24.0 Å². The molecule has 0 bridgehead atoms. The Labute approximate surface area is 116 Å². The van der Waals surface area contributed by atoms with Gasteiger partial charge in [0.05, 0.1) is 6.26 Å². The van der Waals surface area contributed by atoms with Gasteiger partial charge in [-0.05, 0) is 32.4 Å². The van der Waals surface area contributed by atoms with Gasteiger partial charge in [-0.3, -0.25) is 9.59 Å². The Hall–Kier alpha value is -2.31. The number of carboxylic acid groups (broad SMARTS) is 1. The van der Waals surface area contributed by atoms with Crippen LogP contribution in [0.25, 0.3) is 0 Å². The van der Waals surface area contributed by atoms with Crippen molar-refractivity contribution >= 4 is 17.8 Å². The zero-order chi connectivity index (χ0) is 15.2. The van der Waals surface area contributed by atoms with Crippen LogP contribution in [0.3, 0.4) is 0 Å². The van der Waals surface area contributed by atoms with E-state index in [1.165, 1.54) is 26.2 Å². The van der Waals surface area contributed by atoms with Gasteiger partial charge in [0.2, 0.25) is 5.91 Å². The molecule has 0 saturated heterocycles. The first-order valence-electron chi connectivity index (χ1n) is 6.19. The maximum atomic E-state index is 11.5. The Balaban J connectivity index is 2.23. The lowest BCUT2D eigenvalue weighted by Crippen LogP contribution is -2.49. The van der Waals surface area contributed by atoms with Crippen LogP contribution in [0.2, 0.25) is 0 Å². The average Bonchev–Trinajstić information content (AvgIpc) is 2.87. The minimum absolute atomic E-state index is 0.134. The van der Waals surface area contributed by atoms with E-state index in [1.807, 2.05) is 0 Å². The minimum Gasteiger partial charge on any atom is -0.480 e. The lowest BCUT2D eigenvalue weighted by molar-refractivity contribution is -0.146. The molecule has 0 aromatic carbocycles. The molecular formula is C13H18N2O5. The largest absolute Gasteiger partial charge is 0.480 e. The van der Waals surface area contributed by atoms with E-state index in [0.717, 1.165) is 0 Å². The maximum absolute atomic E-state index is 11.5. The first kappa shape index (κ1) is 15.7. The first-order chi connectivity index (χ1) is 9.33. The highest BCUT2D eigenvalue weighted by molar-refractivity contribution is 5.91. The summed E-state index contributed by atoms with van der Waals surface area (Å²) in [5, 5.41) is 13.9. The van der Waals surface area contributed by atoms with Crippen LogP contribution < -0.4 is 10.6 Å². The Morgan fingerprint density at radius 1 is 1.35 bits per heavy atom. The molecule has 1 heterocycles. The summed E-state index contributed by atoms with van der Waals surface area (Å²) in [6, 6.07) is 3.15. The Morgan fingerprint density at radius 3 is 2.60 bits per heavy atom. The first-order valence-corrected chi connectivity index (χ1v) is 6.19. The lowest BCUT2D eigenvalue weighted by Gasteiger charge is -2.20. The zero-order valence-electron chi connectivity index (χ0n) is 11.4. The third-order valence-corrected chi connectivity index (χ3v) is 2.60. The molecule has 0 radical (unpaired) electrons. The average molecular weight is 282 g/mol. The van der Waals surface area contributed by atoms with E-state index in [0.29, 0.717) is 13.0 Å². The molecule has 110 valence electrons. The van der Waals surface area contributed by atoms with Crippen LogP contribution in [0.4, 0.5) is 0 Å². The van der Waals surface area contributed by atoms with Crippen molar-refractivity contribution in [1.82, 2.24) is 10.6 Å². The fraction of sp³-hybridized carbons (Fsp3) is 0.462. The van der Waals surface area contributed by atoms with Crippen LogP contribution in [-0.2, 0) is 9.59 Å². The van der Waals surface area contributed by atoms with Gasteiger partial charge in [-0.25, -0.2) is 4.79 Å². The Bertz CT molecular complexity index is 479. The molecule has 1 rings (SSSR count). The van der Waals surface area contributed by atoms with Crippen LogP contribution >= 0.6 is 0 Å². The van der Waals surface area contributed by atoms with Crippen molar-refractivity contribution in [1.29, 1.82) is 0 Å². The second-order valence-corrected chi connectivity index (χ2v) is 4.82. The molecule has 0 atom stereocenters. The lowest BCUT2D eigenvalue weighted by atomic mass is 10.1. The molecule has 0 aliphatic heterocycles. The fourth-order valence-corrected chi connectivity index (χ4v) is 1.41. The number of nitrogens with one attached hydrogen (secondary N) is 2. The smallest absolute Gasteiger partial charge is 0.328 e. The van der Waals surface area contributed by atoms with E-state index in [4.69, 9.17) is 9.52 Å². The summed E-state index contributed by atoms with van der Waals surface area (Å²) in [7, 11) is 0. The fourth-order valence-electron chi connectivity index (χ4n) is 1.41. The number of hydrogen-bond donors (Lipinski definition) is 3. The highest BCUT2D eigenvalue weighted by Gasteiger charge is 2.28. The van der Waals surface area contributed by atoms with Gasteiger partial charge in [0.1, 0.15) is 5.54 Å². The van der Waals surface area contributed by atoms with Gasteiger partial charge in [0.15, 0.2) is 5.76 Å². The summed E-state index contributed by atoms with van der Waals surface area (Å²) >= 11 is 0. The molecule has 20 heavy (non-hydrogen) atoms. The van der Waals surface area contributed by atoms with Crippen LogP contribution in [0.15, 0.2) is 22.8 Å². The van der Waals surface area contributed by atoms with E-state index in [9.17, 15) is 14.4 Å². The highest BCUT2D eigenvalue weighted by atomic mass is 16.4. The van der Waals surface area contributed by atoms with Crippen molar-refractivity contribution in [3.63, 3.8) is 0 Å². The van der Waals surface area contributed by atoms with Crippen LogP contribution in [-0.4, -0.2) is 35.0 Å². The third kappa shape index (κ3) is 4.75. The Kier molecular flexibility index (Phi) is 5.31. The molecular weight excluding hydrogens is 264 g/mol. The topological polar surface area (TPSA) is 109 Å². The minimum atomic E-state index is -1.30. The standard InChI is InChI=1S/C13H18N2O5/c1-13(2,12(18)19)15-10(16)6-3-7-14-11(17)9-5-4-8-20-9/h4-5,8H,3,6-7H2,1-2H3,(H,14,17)(H,15,16)(H,18,19). The SMILES string of the molecule is CC(C)(NC(=O)CCCNC(=O)c1ccco1)C(=O)O. The number of hydrogen-bond acceptors (Lipinski definition) is 4. The van der Waals surface area contributed by atoms with Gasteiger partial charge < -0.3 is 20.2 Å². The summed E-state index contributed by atoms with van der Waals surface area (Å²) in [6.07, 6.45) is 1.94. The molecule has 7 nitrogen and oxygen atoms in total. The van der Waals surface area contributed by atoms with E-state index in [1.54, 1.807) is 6.07 Å². The molecule has 0 spiro atoms. The van der Waals surface area contributed by atoms with Crippen LogP contribution in [0.1, 0.15) is 37.2 Å². The summed E-state index contributed by atoms with van der Waals surface area (Å²) < 4.78 is 4.91. The molecule has 0 aliphatic carbocycles. The summed E-state index contributed by atoms with van der Waals surface area (Å²) in [5.74, 6) is -1.61. The van der Waals surface area contributed by atoms with Crippen molar-refractivity contribution in [3.05, 3.63) is 24.2 Å². The molecule has 0 aliphatic rings. The predicted molar refractivity (Wildman–Crippen MR) is 70.1 cm³/mol. The van der Waals surface area contributed by atoms with E-state index < -0.39 is 11.5 Å². The maximum Gasteiger partial charge on any atom is 0.328 e. The molecule has 1 aromatic rings. The Morgan fingerprint density at radius 2 is 2.05 bits per heavy atom.